The van der Waals surface area contributed by atoms with Gasteiger partial charge >= 0.3 is 12.0 Å². The fourth-order valence-corrected chi connectivity index (χ4v) is 3.53. The number of carboxylic acids is 1. The van der Waals surface area contributed by atoms with Gasteiger partial charge in [0.1, 0.15) is 5.75 Å². The number of carboxylic acid groups (broad SMARTS) is 1. The molecule has 1 aromatic rings. The molecule has 2 aliphatic rings. The molecule has 0 radical (unpaired) electrons. The fourth-order valence-electron chi connectivity index (χ4n) is 3.53. The molecule has 9 nitrogen and oxygen atoms in total. The second kappa shape index (κ2) is 7.86. The van der Waals surface area contributed by atoms with Gasteiger partial charge < -0.3 is 20.1 Å². The average Bonchev–Trinajstić information content (AvgIpc) is 3.17. The van der Waals surface area contributed by atoms with Gasteiger partial charge in [0.15, 0.2) is 5.54 Å². The van der Waals surface area contributed by atoms with Gasteiger partial charge in [-0.15, -0.1) is 0 Å². The SMILES string of the molecule is C=C(/C=C\C(=C/C)C1(CN2Cc3ccc(OC)cc3C2=O)NC(=O)NC1=O)C(=O)O. The average molecular weight is 411 g/mol. The lowest BCUT2D eigenvalue weighted by Crippen LogP contribution is -2.56. The lowest BCUT2D eigenvalue weighted by Gasteiger charge is -2.32. The molecule has 0 spiro atoms. The van der Waals surface area contributed by atoms with Crippen LogP contribution in [0.3, 0.4) is 0 Å². The normalized spacial score (nSPS) is 20.9. The van der Waals surface area contributed by atoms with Crippen molar-refractivity contribution in [2.45, 2.75) is 19.0 Å². The molecule has 2 aliphatic heterocycles. The van der Waals surface area contributed by atoms with Crippen LogP contribution < -0.4 is 15.4 Å². The minimum atomic E-state index is -1.57. The predicted octanol–water partition coefficient (Wildman–Crippen LogP) is 1.37. The van der Waals surface area contributed by atoms with Gasteiger partial charge in [-0.2, -0.15) is 0 Å². The van der Waals surface area contributed by atoms with Crippen molar-refractivity contribution >= 4 is 23.8 Å². The zero-order valence-electron chi connectivity index (χ0n) is 16.5. The first-order valence-corrected chi connectivity index (χ1v) is 9.08. The molecule has 30 heavy (non-hydrogen) atoms. The summed E-state index contributed by atoms with van der Waals surface area (Å²) in [5, 5.41) is 13.8. The molecule has 4 amide bonds. The van der Waals surface area contributed by atoms with Gasteiger partial charge in [-0.1, -0.05) is 24.8 Å². The van der Waals surface area contributed by atoms with E-state index in [9.17, 15) is 19.2 Å². The number of benzene rings is 1. The lowest BCUT2D eigenvalue weighted by atomic mass is 9.87. The Kier molecular flexibility index (Phi) is 5.46. The Labute approximate surface area is 172 Å². The molecular weight excluding hydrogens is 390 g/mol. The highest BCUT2D eigenvalue weighted by atomic mass is 16.5. The molecule has 1 unspecified atom stereocenters. The number of allylic oxidation sites excluding steroid dienone is 1. The summed E-state index contributed by atoms with van der Waals surface area (Å²) in [5.41, 5.74) is -0.188. The van der Waals surface area contributed by atoms with Crippen LogP contribution in [0.2, 0.25) is 0 Å². The standard InChI is InChI=1S/C21H21N3O6/c1-4-14(7-5-12(2)18(26)27)21(19(28)22-20(29)23-21)11-24-10-13-6-8-15(30-3)9-16(13)17(24)25/h4-9H,2,10-11H2,1,3H3,(H,26,27)(H2,22,23,28,29)/b7-5-,14-4+. The molecule has 1 atom stereocenters. The van der Waals surface area contributed by atoms with Crippen molar-refractivity contribution in [3.63, 3.8) is 0 Å². The molecule has 2 heterocycles. The van der Waals surface area contributed by atoms with Crippen molar-refractivity contribution in [1.82, 2.24) is 15.5 Å². The van der Waals surface area contributed by atoms with Crippen LogP contribution in [0.25, 0.3) is 0 Å². The number of methoxy groups -OCH3 is 1. The van der Waals surface area contributed by atoms with E-state index in [1.54, 1.807) is 31.2 Å². The molecular formula is C21H21N3O6. The maximum Gasteiger partial charge on any atom is 0.335 e. The summed E-state index contributed by atoms with van der Waals surface area (Å²) in [4.78, 5) is 50.2. The number of hydrogen-bond acceptors (Lipinski definition) is 5. The second-order valence-corrected chi connectivity index (χ2v) is 6.91. The van der Waals surface area contributed by atoms with E-state index < -0.39 is 23.4 Å². The molecule has 0 saturated carbocycles. The number of imide groups is 1. The Morgan fingerprint density at radius 3 is 2.63 bits per heavy atom. The van der Waals surface area contributed by atoms with Gasteiger partial charge in [0.25, 0.3) is 11.8 Å². The van der Waals surface area contributed by atoms with Crippen LogP contribution in [0.1, 0.15) is 22.8 Å². The number of ether oxygens (including phenoxy) is 1. The molecule has 3 N–H and O–H groups in total. The van der Waals surface area contributed by atoms with E-state index in [2.05, 4.69) is 17.2 Å². The van der Waals surface area contributed by atoms with E-state index in [0.29, 0.717) is 16.9 Å². The third-order valence-corrected chi connectivity index (χ3v) is 5.11. The van der Waals surface area contributed by atoms with Crippen molar-refractivity contribution in [2.24, 2.45) is 0 Å². The molecule has 156 valence electrons. The molecule has 1 fully saturated rings. The lowest BCUT2D eigenvalue weighted by molar-refractivity contribution is -0.132. The van der Waals surface area contributed by atoms with Crippen LogP contribution in [0.4, 0.5) is 4.79 Å². The number of nitrogens with zero attached hydrogens (tertiary/aromatic N) is 1. The third kappa shape index (κ3) is 3.57. The van der Waals surface area contributed by atoms with Gasteiger partial charge in [0.05, 0.1) is 19.2 Å². The zero-order valence-corrected chi connectivity index (χ0v) is 16.5. The monoisotopic (exact) mass is 411 g/mol. The van der Waals surface area contributed by atoms with Crippen LogP contribution in [-0.2, 0) is 16.1 Å². The quantitative estimate of drug-likeness (QED) is 0.354. The maximum absolute atomic E-state index is 12.9. The van der Waals surface area contributed by atoms with Gasteiger partial charge in [0.2, 0.25) is 0 Å². The van der Waals surface area contributed by atoms with E-state index in [0.717, 1.165) is 5.56 Å². The minimum absolute atomic E-state index is 0.135. The number of rotatable bonds is 7. The van der Waals surface area contributed by atoms with Crippen molar-refractivity contribution in [1.29, 1.82) is 0 Å². The van der Waals surface area contributed by atoms with Crippen molar-refractivity contribution in [3.8, 4) is 5.75 Å². The Hall–Kier alpha value is -3.88. The molecule has 1 saturated heterocycles. The Bertz CT molecular complexity index is 1030. The summed E-state index contributed by atoms with van der Waals surface area (Å²) in [7, 11) is 1.50. The summed E-state index contributed by atoms with van der Waals surface area (Å²) in [6, 6.07) is 4.45. The molecule has 0 bridgehead atoms. The van der Waals surface area contributed by atoms with Crippen LogP contribution >= 0.6 is 0 Å². The number of aliphatic carboxylic acids is 1. The van der Waals surface area contributed by atoms with Gasteiger partial charge in [-0.25, -0.2) is 9.59 Å². The van der Waals surface area contributed by atoms with Crippen LogP contribution in [0.15, 0.2) is 54.2 Å². The fraction of sp³-hybridized carbons (Fsp3) is 0.238. The van der Waals surface area contributed by atoms with Crippen molar-refractivity contribution in [3.05, 3.63) is 65.3 Å². The Morgan fingerprint density at radius 2 is 2.07 bits per heavy atom. The van der Waals surface area contributed by atoms with E-state index in [1.807, 2.05) is 0 Å². The molecule has 3 rings (SSSR count). The summed E-state index contributed by atoms with van der Waals surface area (Å²) in [6.45, 7) is 5.19. The summed E-state index contributed by atoms with van der Waals surface area (Å²) < 4.78 is 5.17. The van der Waals surface area contributed by atoms with Crippen molar-refractivity contribution in [2.75, 3.05) is 13.7 Å². The van der Waals surface area contributed by atoms with Crippen LogP contribution in [0.5, 0.6) is 5.75 Å². The Morgan fingerprint density at radius 1 is 1.33 bits per heavy atom. The Balaban J connectivity index is 1.95. The first-order chi connectivity index (χ1) is 14.2. The first-order valence-electron chi connectivity index (χ1n) is 9.08. The van der Waals surface area contributed by atoms with Gasteiger partial charge in [0, 0.05) is 12.1 Å². The van der Waals surface area contributed by atoms with E-state index in [4.69, 9.17) is 9.84 Å². The number of hydrogen-bond donors (Lipinski definition) is 3. The molecule has 1 aromatic carbocycles. The van der Waals surface area contributed by atoms with Gasteiger partial charge in [-0.3, -0.25) is 14.9 Å². The highest BCUT2D eigenvalue weighted by Gasteiger charge is 2.50. The smallest absolute Gasteiger partial charge is 0.335 e. The number of amides is 4. The van der Waals surface area contributed by atoms with Crippen molar-refractivity contribution < 1.29 is 29.0 Å². The number of urea groups is 1. The van der Waals surface area contributed by atoms with E-state index >= 15 is 0 Å². The number of carbonyl (C=O) groups excluding carboxylic acids is 3. The van der Waals surface area contributed by atoms with E-state index in [1.165, 1.54) is 24.2 Å². The number of nitrogens with one attached hydrogen (secondary N) is 2. The third-order valence-electron chi connectivity index (χ3n) is 5.11. The summed E-state index contributed by atoms with van der Waals surface area (Å²) >= 11 is 0. The largest absolute Gasteiger partial charge is 0.497 e. The van der Waals surface area contributed by atoms with Gasteiger partial charge in [-0.05, 0) is 36.3 Å². The maximum atomic E-state index is 12.9. The highest BCUT2D eigenvalue weighted by Crippen LogP contribution is 2.31. The molecule has 0 aliphatic carbocycles. The van der Waals surface area contributed by atoms with Crippen LogP contribution in [-0.4, -0.2) is 53.0 Å². The highest BCUT2D eigenvalue weighted by molar-refractivity contribution is 6.10. The van der Waals surface area contributed by atoms with E-state index in [-0.39, 0.29) is 24.6 Å². The topological polar surface area (TPSA) is 125 Å². The predicted molar refractivity (Wildman–Crippen MR) is 107 cm³/mol. The molecule has 0 aromatic heterocycles. The number of carbonyl (C=O) groups is 4. The molecule has 9 heteroatoms. The second-order valence-electron chi connectivity index (χ2n) is 6.91. The summed E-state index contributed by atoms with van der Waals surface area (Å²) in [6.07, 6.45) is 4.22. The number of fused-ring (bicyclic) bond motifs is 1. The summed E-state index contributed by atoms with van der Waals surface area (Å²) in [5.74, 6) is -1.61. The first kappa shape index (κ1) is 20.8. The van der Waals surface area contributed by atoms with Crippen LogP contribution in [0, 0.1) is 0 Å². The zero-order chi connectivity index (χ0) is 22.1. The minimum Gasteiger partial charge on any atom is -0.497 e.